The van der Waals surface area contributed by atoms with Gasteiger partial charge in [0.2, 0.25) is 0 Å². The minimum absolute atomic E-state index is 0.204. The topological polar surface area (TPSA) is 57.4 Å². The van der Waals surface area contributed by atoms with E-state index in [1.165, 1.54) is 12.3 Å². The lowest BCUT2D eigenvalue weighted by Crippen LogP contribution is -2.21. The molecule has 3 rings (SSSR count). The van der Waals surface area contributed by atoms with E-state index in [-0.39, 0.29) is 5.75 Å². The van der Waals surface area contributed by atoms with Gasteiger partial charge >= 0.3 is 6.18 Å². The molecule has 0 fully saturated rings. The van der Waals surface area contributed by atoms with Crippen LogP contribution in [0.3, 0.4) is 0 Å². The Morgan fingerprint density at radius 3 is 2.81 bits per heavy atom. The summed E-state index contributed by atoms with van der Waals surface area (Å²) in [4.78, 5) is 3.40. The number of rotatable bonds is 4. The summed E-state index contributed by atoms with van der Waals surface area (Å²) >= 11 is 3.43. The lowest BCUT2D eigenvalue weighted by atomic mass is 9.94. The second-order valence-corrected chi connectivity index (χ2v) is 6.83. The van der Waals surface area contributed by atoms with Crippen LogP contribution in [0.5, 0.6) is 17.2 Å². The van der Waals surface area contributed by atoms with E-state index in [9.17, 15) is 13.2 Å². The van der Waals surface area contributed by atoms with E-state index in [1.54, 1.807) is 6.07 Å². The monoisotopic (exact) mass is 428 g/mol. The second kappa shape index (κ2) is 7.57. The summed E-state index contributed by atoms with van der Waals surface area (Å²) in [7, 11) is 0. The van der Waals surface area contributed by atoms with Crippen LogP contribution in [0.2, 0.25) is 0 Å². The molecule has 0 spiro atoms. The molecule has 0 saturated carbocycles. The molecule has 1 aromatic carbocycles. The van der Waals surface area contributed by atoms with Crippen molar-refractivity contribution < 1.29 is 22.6 Å². The van der Waals surface area contributed by atoms with Gasteiger partial charge in [-0.2, -0.15) is 13.2 Å². The molecular weight excluding hydrogens is 413 g/mol. The molecule has 2 heterocycles. The van der Waals surface area contributed by atoms with Gasteiger partial charge in [-0.05, 0) is 48.9 Å². The molecule has 1 atom stereocenters. The smallest absolute Gasteiger partial charge is 0.433 e. The molecule has 1 aliphatic heterocycles. The van der Waals surface area contributed by atoms with Crippen molar-refractivity contribution >= 4 is 15.9 Å². The summed E-state index contributed by atoms with van der Waals surface area (Å²) in [5.41, 5.74) is 5.39. The number of alkyl halides is 3. The molecule has 8 heteroatoms. The van der Waals surface area contributed by atoms with Gasteiger partial charge in [0.15, 0.2) is 11.5 Å². The molecule has 0 radical (unpaired) electrons. The standard InChI is InChI=1S/C18H16BrF3N2O2/c19-13-7-12-6-11(2-1-5-23)10-25-17(12)15(8-13)26-14-3-4-16(24-9-14)18(20,21)22/h1,3-5,7-9,11H,2,6,10,23H2. The molecule has 4 nitrogen and oxygen atoms in total. The molecule has 138 valence electrons. The number of nitrogens with zero attached hydrogens (tertiary/aromatic N) is 1. The normalized spacial score (nSPS) is 17.0. The Hall–Kier alpha value is -2.22. The zero-order valence-electron chi connectivity index (χ0n) is 13.6. The van der Waals surface area contributed by atoms with Crippen LogP contribution < -0.4 is 15.2 Å². The Morgan fingerprint density at radius 2 is 2.15 bits per heavy atom. The van der Waals surface area contributed by atoms with Crippen molar-refractivity contribution in [3.63, 3.8) is 0 Å². The molecule has 2 N–H and O–H groups in total. The number of pyridine rings is 1. The van der Waals surface area contributed by atoms with Crippen molar-refractivity contribution in [3.05, 3.63) is 58.5 Å². The number of aromatic nitrogens is 1. The largest absolute Gasteiger partial charge is 0.489 e. The van der Waals surface area contributed by atoms with Crippen LogP contribution in [0.15, 0.2) is 47.2 Å². The quantitative estimate of drug-likeness (QED) is 0.738. The maximum absolute atomic E-state index is 12.6. The highest BCUT2D eigenvalue weighted by Crippen LogP contribution is 2.41. The van der Waals surface area contributed by atoms with Crippen LogP contribution in [-0.2, 0) is 12.6 Å². The highest BCUT2D eigenvalue weighted by atomic mass is 79.9. The molecule has 1 aromatic heterocycles. The Morgan fingerprint density at radius 1 is 1.35 bits per heavy atom. The Balaban J connectivity index is 1.82. The zero-order valence-corrected chi connectivity index (χ0v) is 15.2. The first-order valence-corrected chi connectivity index (χ1v) is 8.69. The van der Waals surface area contributed by atoms with Crippen LogP contribution in [-0.4, -0.2) is 11.6 Å². The van der Waals surface area contributed by atoms with Crippen molar-refractivity contribution in [3.8, 4) is 17.2 Å². The summed E-state index contributed by atoms with van der Waals surface area (Å²) in [6.07, 6.45) is 1.57. The summed E-state index contributed by atoms with van der Waals surface area (Å²) in [6.45, 7) is 0.514. The average molecular weight is 429 g/mol. The molecule has 0 aliphatic carbocycles. The van der Waals surface area contributed by atoms with Crippen LogP contribution >= 0.6 is 15.9 Å². The van der Waals surface area contributed by atoms with Gasteiger partial charge < -0.3 is 15.2 Å². The zero-order chi connectivity index (χ0) is 18.7. The predicted molar refractivity (Wildman–Crippen MR) is 94.1 cm³/mol. The van der Waals surface area contributed by atoms with Gasteiger partial charge in [-0.25, -0.2) is 4.98 Å². The minimum atomic E-state index is -4.48. The molecule has 0 saturated heterocycles. The van der Waals surface area contributed by atoms with Gasteiger partial charge in [0.05, 0.1) is 12.8 Å². The van der Waals surface area contributed by atoms with Gasteiger partial charge in [-0.3, -0.25) is 0 Å². The van der Waals surface area contributed by atoms with E-state index in [1.807, 2.05) is 12.1 Å². The van der Waals surface area contributed by atoms with Crippen LogP contribution in [0, 0.1) is 5.92 Å². The van der Waals surface area contributed by atoms with Crippen molar-refractivity contribution in [2.24, 2.45) is 11.7 Å². The number of hydrogen-bond acceptors (Lipinski definition) is 4. The number of ether oxygens (including phenoxy) is 2. The Bertz CT molecular complexity index is 807. The molecular formula is C18H16BrF3N2O2. The van der Waals surface area contributed by atoms with Crippen LogP contribution in [0.25, 0.3) is 0 Å². The molecule has 2 aromatic rings. The van der Waals surface area contributed by atoms with E-state index in [0.717, 1.165) is 35.1 Å². The van der Waals surface area contributed by atoms with E-state index in [0.29, 0.717) is 24.0 Å². The minimum Gasteiger partial charge on any atom is -0.489 e. The van der Waals surface area contributed by atoms with E-state index in [4.69, 9.17) is 15.2 Å². The average Bonchev–Trinajstić information content (AvgIpc) is 2.59. The van der Waals surface area contributed by atoms with Crippen molar-refractivity contribution in [1.29, 1.82) is 0 Å². The molecule has 26 heavy (non-hydrogen) atoms. The lowest BCUT2D eigenvalue weighted by Gasteiger charge is -2.26. The third-order valence-corrected chi connectivity index (χ3v) is 4.39. The van der Waals surface area contributed by atoms with Gasteiger partial charge in [0.1, 0.15) is 11.4 Å². The van der Waals surface area contributed by atoms with Crippen molar-refractivity contribution in [2.45, 2.75) is 19.0 Å². The highest BCUT2D eigenvalue weighted by Gasteiger charge is 2.32. The third kappa shape index (κ3) is 4.30. The summed E-state index contributed by atoms with van der Waals surface area (Å²) < 4.78 is 50.2. The number of benzene rings is 1. The van der Waals surface area contributed by atoms with Gasteiger partial charge in [-0.15, -0.1) is 0 Å². The molecule has 0 amide bonds. The van der Waals surface area contributed by atoms with Gasteiger partial charge in [0, 0.05) is 10.4 Å². The van der Waals surface area contributed by atoms with Crippen LogP contribution in [0.1, 0.15) is 17.7 Å². The first-order chi connectivity index (χ1) is 12.4. The maximum atomic E-state index is 12.6. The molecule has 0 bridgehead atoms. The fourth-order valence-corrected chi connectivity index (χ4v) is 3.23. The first-order valence-electron chi connectivity index (χ1n) is 7.90. The number of allylic oxidation sites excluding steroid dienone is 1. The molecule has 1 aliphatic rings. The van der Waals surface area contributed by atoms with E-state index >= 15 is 0 Å². The number of nitrogens with two attached hydrogens (primary N) is 1. The highest BCUT2D eigenvalue weighted by molar-refractivity contribution is 9.10. The SMILES string of the molecule is NC=CCC1COc2c(cc(Br)cc2Oc2ccc(C(F)(F)F)nc2)C1. The second-order valence-electron chi connectivity index (χ2n) is 5.92. The van der Waals surface area contributed by atoms with Crippen LogP contribution in [0.4, 0.5) is 13.2 Å². The molecule has 1 unspecified atom stereocenters. The predicted octanol–water partition coefficient (Wildman–Crippen LogP) is 5.07. The summed E-state index contributed by atoms with van der Waals surface area (Å²) in [5.74, 6) is 1.54. The third-order valence-electron chi connectivity index (χ3n) is 3.93. The maximum Gasteiger partial charge on any atom is 0.433 e. The van der Waals surface area contributed by atoms with Crippen molar-refractivity contribution in [2.75, 3.05) is 6.61 Å². The summed E-state index contributed by atoms with van der Waals surface area (Å²) in [5, 5.41) is 0. The van der Waals surface area contributed by atoms with E-state index in [2.05, 4.69) is 20.9 Å². The Kier molecular flexibility index (Phi) is 5.41. The summed E-state index contributed by atoms with van der Waals surface area (Å²) in [6, 6.07) is 5.79. The van der Waals surface area contributed by atoms with Gasteiger partial charge in [-0.1, -0.05) is 22.0 Å². The van der Waals surface area contributed by atoms with Crippen molar-refractivity contribution in [1.82, 2.24) is 4.98 Å². The number of hydrogen-bond donors (Lipinski definition) is 1. The fraction of sp³-hybridized carbons (Fsp3) is 0.278. The fourth-order valence-electron chi connectivity index (χ4n) is 2.74. The van der Waals surface area contributed by atoms with Gasteiger partial charge in [0.25, 0.3) is 0 Å². The Labute approximate surface area is 156 Å². The first kappa shape index (κ1) is 18.6. The number of halogens is 4. The number of fused-ring (bicyclic) bond motifs is 1. The van der Waals surface area contributed by atoms with E-state index < -0.39 is 11.9 Å². The lowest BCUT2D eigenvalue weighted by molar-refractivity contribution is -0.141.